The molecule has 0 saturated heterocycles. The molecule has 1 aliphatic rings. The highest BCUT2D eigenvalue weighted by atomic mass is 32.1. The highest BCUT2D eigenvalue weighted by Crippen LogP contribution is 2.34. The van der Waals surface area contributed by atoms with Gasteiger partial charge in [-0.2, -0.15) is 0 Å². The van der Waals surface area contributed by atoms with Gasteiger partial charge in [0, 0.05) is 6.20 Å². The molecule has 1 saturated carbocycles. The van der Waals surface area contributed by atoms with Crippen LogP contribution in [0.25, 0.3) is 0 Å². The predicted octanol–water partition coefficient (Wildman–Crippen LogP) is 3.15. The molecule has 1 aromatic heterocycles. The molecule has 0 bridgehead atoms. The molecule has 14 heavy (non-hydrogen) atoms. The van der Waals surface area contributed by atoms with Crippen molar-refractivity contribution < 1.29 is 5.11 Å². The molecule has 0 radical (unpaired) electrons. The van der Waals surface area contributed by atoms with E-state index in [4.69, 9.17) is 0 Å². The molecule has 1 heterocycles. The lowest BCUT2D eigenvalue weighted by molar-refractivity contribution is 0.102. The van der Waals surface area contributed by atoms with Crippen LogP contribution in [0.15, 0.2) is 11.7 Å². The molecular weight excluding hydrogens is 194 g/mol. The van der Waals surface area contributed by atoms with Gasteiger partial charge in [0.25, 0.3) is 0 Å². The van der Waals surface area contributed by atoms with E-state index in [0.29, 0.717) is 5.92 Å². The van der Waals surface area contributed by atoms with Gasteiger partial charge in [0.05, 0.1) is 16.5 Å². The molecule has 1 fully saturated rings. The Balaban J connectivity index is 1.99. The SMILES string of the molecule is OC(c1cncs1)C1CCCCCC1. The van der Waals surface area contributed by atoms with E-state index in [1.54, 1.807) is 23.0 Å². The second kappa shape index (κ2) is 4.89. The molecule has 1 aliphatic carbocycles. The topological polar surface area (TPSA) is 33.1 Å². The summed E-state index contributed by atoms with van der Waals surface area (Å²) in [5.41, 5.74) is 1.80. The van der Waals surface area contributed by atoms with Gasteiger partial charge in [0.1, 0.15) is 0 Å². The summed E-state index contributed by atoms with van der Waals surface area (Å²) in [6.45, 7) is 0. The lowest BCUT2D eigenvalue weighted by Gasteiger charge is -2.19. The number of nitrogens with zero attached hydrogens (tertiary/aromatic N) is 1. The molecule has 2 nitrogen and oxygen atoms in total. The van der Waals surface area contributed by atoms with Crippen molar-refractivity contribution in [1.82, 2.24) is 4.98 Å². The molecule has 3 heteroatoms. The van der Waals surface area contributed by atoms with Gasteiger partial charge < -0.3 is 5.11 Å². The largest absolute Gasteiger partial charge is 0.387 e. The first-order chi connectivity index (χ1) is 6.88. The van der Waals surface area contributed by atoms with Gasteiger partial charge in [-0.05, 0) is 18.8 Å². The number of aliphatic hydroxyl groups is 1. The van der Waals surface area contributed by atoms with Crippen LogP contribution < -0.4 is 0 Å². The van der Waals surface area contributed by atoms with E-state index in [-0.39, 0.29) is 6.10 Å². The Morgan fingerprint density at radius 2 is 2.00 bits per heavy atom. The van der Waals surface area contributed by atoms with Gasteiger partial charge in [-0.15, -0.1) is 11.3 Å². The fourth-order valence-electron chi connectivity index (χ4n) is 2.23. The summed E-state index contributed by atoms with van der Waals surface area (Å²) in [6, 6.07) is 0. The van der Waals surface area contributed by atoms with Crippen molar-refractivity contribution in [2.45, 2.75) is 44.6 Å². The van der Waals surface area contributed by atoms with Crippen LogP contribution in [0.5, 0.6) is 0 Å². The minimum atomic E-state index is -0.263. The van der Waals surface area contributed by atoms with E-state index >= 15 is 0 Å². The minimum absolute atomic E-state index is 0.263. The van der Waals surface area contributed by atoms with Gasteiger partial charge in [-0.25, -0.2) is 0 Å². The van der Waals surface area contributed by atoms with Gasteiger partial charge in [0.15, 0.2) is 0 Å². The lowest BCUT2D eigenvalue weighted by Crippen LogP contribution is -2.10. The van der Waals surface area contributed by atoms with Gasteiger partial charge in [0.2, 0.25) is 0 Å². The van der Waals surface area contributed by atoms with Crippen LogP contribution in [0.1, 0.15) is 49.5 Å². The van der Waals surface area contributed by atoms with E-state index in [0.717, 1.165) is 4.88 Å². The molecule has 1 atom stereocenters. The summed E-state index contributed by atoms with van der Waals surface area (Å²) in [4.78, 5) is 5.06. The first-order valence-electron chi connectivity index (χ1n) is 5.44. The number of hydrogen-bond acceptors (Lipinski definition) is 3. The number of hydrogen-bond donors (Lipinski definition) is 1. The van der Waals surface area contributed by atoms with E-state index in [1.807, 2.05) is 0 Å². The van der Waals surface area contributed by atoms with Crippen molar-refractivity contribution in [3.8, 4) is 0 Å². The summed E-state index contributed by atoms with van der Waals surface area (Å²) < 4.78 is 0. The molecule has 0 aliphatic heterocycles. The van der Waals surface area contributed by atoms with E-state index in [1.165, 1.54) is 38.5 Å². The average molecular weight is 211 g/mol. The van der Waals surface area contributed by atoms with Crippen LogP contribution in [0.4, 0.5) is 0 Å². The fraction of sp³-hybridized carbons (Fsp3) is 0.727. The zero-order valence-corrected chi connectivity index (χ0v) is 9.17. The van der Waals surface area contributed by atoms with E-state index in [9.17, 15) is 5.11 Å². The van der Waals surface area contributed by atoms with Gasteiger partial charge >= 0.3 is 0 Å². The third-order valence-electron chi connectivity index (χ3n) is 3.09. The molecule has 2 rings (SSSR count). The smallest absolute Gasteiger partial charge is 0.0926 e. The number of thiazole rings is 1. The van der Waals surface area contributed by atoms with Crippen molar-refractivity contribution in [2.24, 2.45) is 5.92 Å². The van der Waals surface area contributed by atoms with Crippen molar-refractivity contribution in [3.63, 3.8) is 0 Å². The Hall–Kier alpha value is -0.410. The quantitative estimate of drug-likeness (QED) is 0.762. The number of aromatic nitrogens is 1. The van der Waals surface area contributed by atoms with Crippen LogP contribution in [-0.2, 0) is 0 Å². The van der Waals surface area contributed by atoms with Crippen LogP contribution in [-0.4, -0.2) is 10.1 Å². The Bertz CT molecular complexity index is 252. The molecule has 1 unspecified atom stereocenters. The third-order valence-corrected chi connectivity index (χ3v) is 3.94. The first kappa shape index (κ1) is 10.1. The molecule has 1 aromatic rings. The zero-order valence-electron chi connectivity index (χ0n) is 8.35. The van der Waals surface area contributed by atoms with E-state index in [2.05, 4.69) is 4.98 Å². The fourth-order valence-corrected chi connectivity index (χ4v) is 2.93. The maximum Gasteiger partial charge on any atom is 0.0926 e. The predicted molar refractivity (Wildman–Crippen MR) is 58.3 cm³/mol. The second-order valence-corrected chi connectivity index (χ2v) is 5.02. The number of rotatable bonds is 2. The summed E-state index contributed by atoms with van der Waals surface area (Å²) >= 11 is 1.57. The minimum Gasteiger partial charge on any atom is -0.387 e. The van der Waals surface area contributed by atoms with Crippen molar-refractivity contribution in [1.29, 1.82) is 0 Å². The molecule has 0 amide bonds. The molecule has 0 spiro atoms. The molecule has 0 aromatic carbocycles. The summed E-state index contributed by atoms with van der Waals surface area (Å²) in [5, 5.41) is 10.1. The Morgan fingerprint density at radius 3 is 2.57 bits per heavy atom. The Labute approximate surface area is 89.0 Å². The van der Waals surface area contributed by atoms with Crippen molar-refractivity contribution in [3.05, 3.63) is 16.6 Å². The van der Waals surface area contributed by atoms with Crippen LogP contribution in [0.3, 0.4) is 0 Å². The monoisotopic (exact) mass is 211 g/mol. The summed E-state index contributed by atoms with van der Waals surface area (Å²) in [7, 11) is 0. The van der Waals surface area contributed by atoms with Crippen LogP contribution in [0.2, 0.25) is 0 Å². The molecule has 1 N–H and O–H groups in total. The Kier molecular flexibility index (Phi) is 3.54. The maximum absolute atomic E-state index is 10.1. The average Bonchev–Trinajstić information content (AvgIpc) is 2.59. The van der Waals surface area contributed by atoms with E-state index < -0.39 is 0 Å². The van der Waals surface area contributed by atoms with Crippen LogP contribution in [0, 0.1) is 5.92 Å². The zero-order chi connectivity index (χ0) is 9.80. The third kappa shape index (κ3) is 2.34. The standard InChI is InChI=1S/C11H17NOS/c13-11(10-7-12-8-14-10)9-5-3-1-2-4-6-9/h7-9,11,13H,1-6H2. The highest BCUT2D eigenvalue weighted by Gasteiger charge is 2.22. The number of aliphatic hydroxyl groups excluding tert-OH is 1. The Morgan fingerprint density at radius 1 is 1.29 bits per heavy atom. The highest BCUT2D eigenvalue weighted by molar-refractivity contribution is 7.09. The van der Waals surface area contributed by atoms with Crippen LogP contribution >= 0.6 is 11.3 Å². The normalized spacial score (nSPS) is 21.8. The van der Waals surface area contributed by atoms with Crippen molar-refractivity contribution >= 4 is 11.3 Å². The van der Waals surface area contributed by atoms with Gasteiger partial charge in [-0.1, -0.05) is 25.7 Å². The first-order valence-corrected chi connectivity index (χ1v) is 6.32. The second-order valence-electron chi connectivity index (χ2n) is 4.10. The molecular formula is C11H17NOS. The summed E-state index contributed by atoms with van der Waals surface area (Å²) in [5.74, 6) is 0.470. The lowest BCUT2D eigenvalue weighted by atomic mass is 9.93. The van der Waals surface area contributed by atoms with Gasteiger partial charge in [-0.3, -0.25) is 4.98 Å². The molecule has 78 valence electrons. The summed E-state index contributed by atoms with van der Waals surface area (Å²) in [6.07, 6.45) is 9.14. The maximum atomic E-state index is 10.1. The van der Waals surface area contributed by atoms with Crippen molar-refractivity contribution in [2.75, 3.05) is 0 Å².